The Morgan fingerprint density at radius 2 is 1.76 bits per heavy atom. The number of carbonyl (C=O) groups excluding carboxylic acids is 2. The Balaban J connectivity index is 1.91. The Morgan fingerprint density at radius 3 is 2.34 bits per heavy atom. The summed E-state index contributed by atoms with van der Waals surface area (Å²) in [5, 5.41) is 0. The number of hydrogen-bond acceptors (Lipinski definition) is 5. The van der Waals surface area contributed by atoms with Crippen LogP contribution in [0.5, 0.6) is 0 Å². The zero-order valence-electron chi connectivity index (χ0n) is 16.6. The number of esters is 1. The van der Waals surface area contributed by atoms with Gasteiger partial charge in [-0.15, -0.1) is 0 Å². The van der Waals surface area contributed by atoms with E-state index in [1.807, 2.05) is 13.8 Å². The Kier molecular flexibility index (Phi) is 5.48. The number of sulfonamides is 1. The molecule has 2 aromatic carbocycles. The fourth-order valence-electron chi connectivity index (χ4n) is 3.15. The molecule has 2 aromatic rings. The number of rotatable bonds is 5. The van der Waals surface area contributed by atoms with Crippen LogP contribution in [0.3, 0.4) is 0 Å². The quantitative estimate of drug-likeness (QED) is 0.598. The lowest BCUT2D eigenvalue weighted by Gasteiger charge is -2.12. The maximum Gasteiger partial charge on any atom is 0.338 e. The molecule has 0 aliphatic carbocycles. The Morgan fingerprint density at radius 1 is 1.10 bits per heavy atom. The Labute approximate surface area is 170 Å². The highest BCUT2D eigenvalue weighted by molar-refractivity contribution is 7.92. The lowest BCUT2D eigenvalue weighted by atomic mass is 10.0. The predicted molar refractivity (Wildman–Crippen MR) is 111 cm³/mol. The molecule has 152 valence electrons. The fourth-order valence-corrected chi connectivity index (χ4v) is 4.24. The van der Waals surface area contributed by atoms with Gasteiger partial charge in [0, 0.05) is 23.9 Å². The van der Waals surface area contributed by atoms with E-state index < -0.39 is 16.0 Å². The molecule has 7 nitrogen and oxygen atoms in total. The van der Waals surface area contributed by atoms with Crippen LogP contribution in [0.1, 0.15) is 36.7 Å². The van der Waals surface area contributed by atoms with Crippen LogP contribution >= 0.6 is 0 Å². The monoisotopic (exact) mass is 414 g/mol. The predicted octanol–water partition coefficient (Wildman–Crippen LogP) is 3.43. The van der Waals surface area contributed by atoms with Crippen LogP contribution in [0.15, 0.2) is 52.9 Å². The van der Waals surface area contributed by atoms with E-state index in [2.05, 4.69) is 4.72 Å². The van der Waals surface area contributed by atoms with Gasteiger partial charge in [-0.2, -0.15) is 0 Å². The lowest BCUT2D eigenvalue weighted by Crippen LogP contribution is -2.20. The lowest BCUT2D eigenvalue weighted by molar-refractivity contribution is -0.112. The normalized spacial score (nSPS) is 13.3. The van der Waals surface area contributed by atoms with Gasteiger partial charge in [0.15, 0.2) is 0 Å². The molecule has 1 heterocycles. The maximum atomic E-state index is 12.8. The molecule has 0 atom stereocenters. The number of carbonyl (C=O) groups is 2. The molecule has 0 bridgehead atoms. The highest BCUT2D eigenvalue weighted by atomic mass is 32.2. The summed E-state index contributed by atoms with van der Waals surface area (Å²) in [7, 11) is -2.22. The smallest absolute Gasteiger partial charge is 0.338 e. The van der Waals surface area contributed by atoms with Gasteiger partial charge < -0.3 is 9.64 Å². The molecular formula is C21H22N2O5S. The van der Waals surface area contributed by atoms with Crippen molar-refractivity contribution in [2.24, 2.45) is 0 Å². The average Bonchev–Trinajstić information content (AvgIpc) is 2.92. The minimum absolute atomic E-state index is 0.0487. The van der Waals surface area contributed by atoms with Crippen LogP contribution in [-0.4, -0.2) is 33.9 Å². The number of ether oxygens (including phenoxy) is 1. The molecule has 0 aromatic heterocycles. The van der Waals surface area contributed by atoms with Crippen molar-refractivity contribution in [2.75, 3.05) is 23.3 Å². The van der Waals surface area contributed by atoms with E-state index in [9.17, 15) is 18.0 Å². The molecule has 1 aliphatic heterocycles. The second-order valence-corrected chi connectivity index (χ2v) is 8.50. The molecule has 0 saturated heterocycles. The first-order valence-corrected chi connectivity index (χ1v) is 10.5. The Hall–Kier alpha value is -3.13. The summed E-state index contributed by atoms with van der Waals surface area (Å²) >= 11 is 0. The van der Waals surface area contributed by atoms with Gasteiger partial charge in [0.2, 0.25) is 0 Å². The van der Waals surface area contributed by atoms with Gasteiger partial charge in [-0.3, -0.25) is 9.52 Å². The zero-order valence-corrected chi connectivity index (χ0v) is 17.5. The van der Waals surface area contributed by atoms with Crippen LogP contribution in [0.4, 0.5) is 11.4 Å². The summed E-state index contributed by atoms with van der Waals surface area (Å²) in [6.45, 7) is 5.61. The summed E-state index contributed by atoms with van der Waals surface area (Å²) in [5.41, 5.74) is 3.24. The van der Waals surface area contributed by atoms with E-state index in [1.54, 1.807) is 20.0 Å². The minimum atomic E-state index is -3.88. The van der Waals surface area contributed by atoms with E-state index in [0.29, 0.717) is 28.1 Å². The van der Waals surface area contributed by atoms with Crippen LogP contribution < -0.4 is 9.62 Å². The number of fused-ring (bicyclic) bond motifs is 1. The van der Waals surface area contributed by atoms with E-state index in [1.165, 1.54) is 41.3 Å². The number of likely N-dealkylation sites (N-methyl/N-ethyl adjacent to an activating group) is 1. The average molecular weight is 414 g/mol. The maximum absolute atomic E-state index is 12.8. The van der Waals surface area contributed by atoms with Crippen molar-refractivity contribution in [3.05, 3.63) is 59.2 Å². The molecule has 29 heavy (non-hydrogen) atoms. The van der Waals surface area contributed by atoms with Crippen molar-refractivity contribution >= 4 is 38.8 Å². The first-order valence-electron chi connectivity index (χ1n) is 9.05. The highest BCUT2D eigenvalue weighted by Crippen LogP contribution is 2.38. The van der Waals surface area contributed by atoms with Crippen molar-refractivity contribution in [1.29, 1.82) is 0 Å². The number of hydrogen-bond donors (Lipinski definition) is 1. The molecule has 0 radical (unpaired) electrons. The molecule has 1 aliphatic rings. The second-order valence-electron chi connectivity index (χ2n) is 6.82. The van der Waals surface area contributed by atoms with Crippen LogP contribution in [0.25, 0.3) is 5.57 Å². The third-order valence-electron chi connectivity index (χ3n) is 4.58. The van der Waals surface area contributed by atoms with Gasteiger partial charge in [0.25, 0.3) is 15.9 Å². The number of allylic oxidation sites excluding steroid dienone is 1. The number of benzene rings is 2. The van der Waals surface area contributed by atoms with Gasteiger partial charge in [-0.25, -0.2) is 13.2 Å². The first-order chi connectivity index (χ1) is 13.7. The van der Waals surface area contributed by atoms with E-state index in [0.717, 1.165) is 5.57 Å². The van der Waals surface area contributed by atoms with Gasteiger partial charge in [-0.1, -0.05) is 5.57 Å². The number of nitrogens with one attached hydrogen (secondary N) is 1. The molecule has 0 saturated carbocycles. The van der Waals surface area contributed by atoms with Crippen molar-refractivity contribution in [3.63, 3.8) is 0 Å². The molecule has 1 amide bonds. The summed E-state index contributed by atoms with van der Waals surface area (Å²) in [6.07, 6.45) is 0. The Bertz CT molecular complexity index is 1110. The largest absolute Gasteiger partial charge is 0.462 e. The van der Waals surface area contributed by atoms with Gasteiger partial charge in [0.05, 0.1) is 22.8 Å². The van der Waals surface area contributed by atoms with Gasteiger partial charge in [-0.05, 0) is 63.2 Å². The van der Waals surface area contributed by atoms with Crippen molar-refractivity contribution < 1.29 is 22.7 Å². The molecule has 3 rings (SSSR count). The molecule has 8 heteroatoms. The van der Waals surface area contributed by atoms with Crippen molar-refractivity contribution in [2.45, 2.75) is 25.7 Å². The van der Waals surface area contributed by atoms with Gasteiger partial charge in [0.1, 0.15) is 0 Å². The number of nitrogens with zero attached hydrogens (tertiary/aromatic N) is 1. The SMILES string of the molecule is CCOC(=O)c1ccc(NS(=O)(=O)c2ccc3c(c2)C(=C(C)C)C(=O)N3C)cc1. The summed E-state index contributed by atoms with van der Waals surface area (Å²) in [5.74, 6) is -0.624. The standard InChI is InChI=1S/C21H22N2O5S/c1-5-28-21(25)14-6-8-15(9-7-14)22-29(26,27)16-10-11-18-17(12-16)19(13(2)3)20(24)23(18)4/h6-12,22H,5H2,1-4H3. The first kappa shape index (κ1) is 20.6. The molecule has 0 unspecified atom stereocenters. The summed E-state index contributed by atoms with van der Waals surface area (Å²) < 4.78 is 33.1. The third kappa shape index (κ3) is 3.88. The number of amides is 1. The van der Waals surface area contributed by atoms with Crippen LogP contribution in [-0.2, 0) is 19.6 Å². The molecule has 0 spiro atoms. The summed E-state index contributed by atoms with van der Waals surface area (Å²) in [4.78, 5) is 25.7. The van der Waals surface area contributed by atoms with Crippen LogP contribution in [0, 0.1) is 0 Å². The molecule has 1 N–H and O–H groups in total. The van der Waals surface area contributed by atoms with Crippen LogP contribution in [0.2, 0.25) is 0 Å². The van der Waals surface area contributed by atoms with E-state index >= 15 is 0 Å². The van der Waals surface area contributed by atoms with E-state index in [-0.39, 0.29) is 17.4 Å². The zero-order chi connectivity index (χ0) is 21.3. The minimum Gasteiger partial charge on any atom is -0.462 e. The molecular weight excluding hydrogens is 392 g/mol. The fraction of sp³-hybridized carbons (Fsp3) is 0.238. The molecule has 0 fully saturated rings. The second kappa shape index (κ2) is 7.71. The van der Waals surface area contributed by atoms with Crippen molar-refractivity contribution in [1.82, 2.24) is 0 Å². The van der Waals surface area contributed by atoms with Gasteiger partial charge >= 0.3 is 5.97 Å². The topological polar surface area (TPSA) is 92.8 Å². The third-order valence-corrected chi connectivity index (χ3v) is 5.95. The van der Waals surface area contributed by atoms with Crippen molar-refractivity contribution in [3.8, 4) is 0 Å². The number of anilines is 2. The highest BCUT2D eigenvalue weighted by Gasteiger charge is 2.32. The van der Waals surface area contributed by atoms with E-state index in [4.69, 9.17) is 4.74 Å². The summed E-state index contributed by atoms with van der Waals surface area (Å²) in [6, 6.07) is 10.6.